The first-order chi connectivity index (χ1) is 24.2. The van der Waals surface area contributed by atoms with Gasteiger partial charge in [-0.25, -0.2) is 0 Å². The fourth-order valence-corrected chi connectivity index (χ4v) is 9.79. The number of thiophene rings is 1. The SMILES string of the molecule is O=C(Nc1cc(Cl)c(CC(=O)N2C[C@@H](N3CC(N(C4CC4)C4CC4)C3)C[C@H]2CO[C@H]2CC[C@H](C(=O)O)CC2)cc1Cl)c1csc2ccccc12. The highest BCUT2D eigenvalue weighted by molar-refractivity contribution is 7.17. The van der Waals surface area contributed by atoms with Crippen LogP contribution in [0, 0.1) is 5.92 Å². The quantitative estimate of drug-likeness (QED) is 0.208. The van der Waals surface area contributed by atoms with E-state index in [-0.39, 0.29) is 42.3 Å². The van der Waals surface area contributed by atoms with E-state index >= 15 is 0 Å². The van der Waals surface area contributed by atoms with E-state index in [2.05, 4.69) is 15.1 Å². The molecular weight excluding hydrogens is 695 g/mol. The number of ether oxygens (including phenoxy) is 1. The number of likely N-dealkylation sites (tertiary alicyclic amines) is 2. The van der Waals surface area contributed by atoms with Gasteiger partial charge in [-0.15, -0.1) is 11.3 Å². The van der Waals surface area contributed by atoms with Gasteiger partial charge in [-0.1, -0.05) is 41.4 Å². The predicted octanol–water partition coefficient (Wildman–Crippen LogP) is 6.94. The molecule has 266 valence electrons. The van der Waals surface area contributed by atoms with E-state index in [9.17, 15) is 19.5 Å². The summed E-state index contributed by atoms with van der Waals surface area (Å²) in [5, 5.41) is 15.7. The summed E-state index contributed by atoms with van der Waals surface area (Å²) in [5.74, 6) is -1.30. The van der Waals surface area contributed by atoms with Crippen molar-refractivity contribution in [1.82, 2.24) is 14.7 Å². The average molecular weight is 740 g/mol. The molecule has 0 bridgehead atoms. The van der Waals surface area contributed by atoms with Crippen LogP contribution in [-0.4, -0.2) is 100 Å². The Balaban J connectivity index is 0.928. The molecule has 50 heavy (non-hydrogen) atoms. The Morgan fingerprint density at radius 3 is 2.34 bits per heavy atom. The van der Waals surface area contributed by atoms with Crippen molar-refractivity contribution in [2.45, 2.75) is 101 Å². The van der Waals surface area contributed by atoms with Crippen molar-refractivity contribution in [1.29, 1.82) is 0 Å². The third-order valence-electron chi connectivity index (χ3n) is 11.5. The smallest absolute Gasteiger partial charge is 0.306 e. The maximum atomic E-state index is 14.1. The van der Waals surface area contributed by atoms with Crippen molar-refractivity contribution in [2.24, 2.45) is 5.92 Å². The lowest BCUT2D eigenvalue weighted by atomic mass is 9.87. The number of benzene rings is 2. The third kappa shape index (κ3) is 7.30. The van der Waals surface area contributed by atoms with Crippen LogP contribution in [0.4, 0.5) is 5.69 Å². The average Bonchev–Trinajstić information content (AvgIpc) is 4.02. The molecule has 9 nitrogen and oxygen atoms in total. The van der Waals surface area contributed by atoms with Gasteiger partial charge in [-0.05, 0) is 81.5 Å². The van der Waals surface area contributed by atoms with Crippen LogP contribution in [0.3, 0.4) is 0 Å². The fourth-order valence-electron chi connectivity index (χ4n) is 8.39. The van der Waals surface area contributed by atoms with E-state index < -0.39 is 5.97 Å². The van der Waals surface area contributed by atoms with Gasteiger partial charge in [-0.3, -0.25) is 24.2 Å². The molecule has 3 aliphatic carbocycles. The molecule has 2 amide bonds. The second kappa shape index (κ2) is 14.4. The van der Waals surface area contributed by atoms with Crippen LogP contribution in [0.5, 0.6) is 0 Å². The lowest BCUT2D eigenvalue weighted by molar-refractivity contribution is -0.144. The Morgan fingerprint density at radius 2 is 1.64 bits per heavy atom. The molecular formula is C38H44Cl2N4O5S. The first-order valence-corrected chi connectivity index (χ1v) is 19.8. The molecule has 12 heteroatoms. The van der Waals surface area contributed by atoms with E-state index in [0.717, 1.165) is 54.5 Å². The number of hydrogen-bond acceptors (Lipinski definition) is 7. The van der Waals surface area contributed by atoms with Crippen molar-refractivity contribution < 1.29 is 24.2 Å². The summed E-state index contributed by atoms with van der Waals surface area (Å²) in [7, 11) is 0. The van der Waals surface area contributed by atoms with E-state index in [4.69, 9.17) is 27.9 Å². The number of amides is 2. The van der Waals surface area contributed by atoms with Crippen LogP contribution in [0.15, 0.2) is 41.8 Å². The van der Waals surface area contributed by atoms with Gasteiger partial charge in [0.1, 0.15) is 0 Å². The number of anilines is 1. The number of rotatable bonds is 12. The maximum absolute atomic E-state index is 14.1. The molecule has 0 radical (unpaired) electrons. The highest BCUT2D eigenvalue weighted by Crippen LogP contribution is 2.42. The van der Waals surface area contributed by atoms with Gasteiger partial charge in [0.2, 0.25) is 5.91 Å². The number of nitrogens with zero attached hydrogens (tertiary/aromatic N) is 3. The highest BCUT2D eigenvalue weighted by atomic mass is 35.5. The fraction of sp³-hybridized carbons (Fsp3) is 0.553. The number of halogens is 2. The Morgan fingerprint density at radius 1 is 0.920 bits per heavy atom. The van der Waals surface area contributed by atoms with Gasteiger partial charge in [0.15, 0.2) is 0 Å². The summed E-state index contributed by atoms with van der Waals surface area (Å²) in [5.41, 5.74) is 1.59. The monoisotopic (exact) mass is 738 g/mol. The standard InChI is InChI=1S/C38H44Cl2N4O5S/c39-32-16-34(41-37(46)31-21-50-35-4-2-1-3-30(31)35)33(40)13-23(32)14-36(45)43-19-26(42-17-28(18-42)44(24-7-8-24)25-9-10-25)15-27(43)20-49-29-11-5-22(6-12-29)38(47)48/h1-4,13,16,21-22,24-29H,5-12,14-15,17-20H2,(H,41,46)(H,47,48)/t22-,26-,27-,29-/m0/s1. The molecule has 2 atom stereocenters. The predicted molar refractivity (Wildman–Crippen MR) is 196 cm³/mol. The molecule has 3 saturated carbocycles. The van der Waals surface area contributed by atoms with E-state index in [1.165, 1.54) is 37.0 Å². The van der Waals surface area contributed by atoms with Crippen LogP contribution < -0.4 is 5.32 Å². The topological polar surface area (TPSA) is 102 Å². The molecule has 2 aromatic carbocycles. The number of carboxylic acid groups (broad SMARTS) is 1. The normalized spacial score (nSPS) is 26.0. The molecule has 5 fully saturated rings. The second-order valence-corrected chi connectivity index (χ2v) is 16.7. The molecule has 5 aliphatic rings. The molecule has 0 unspecified atom stereocenters. The highest BCUT2D eigenvalue weighted by Gasteiger charge is 2.49. The van der Waals surface area contributed by atoms with Gasteiger partial charge in [0.25, 0.3) is 5.91 Å². The summed E-state index contributed by atoms with van der Waals surface area (Å²) in [6.07, 6.45) is 9.00. The van der Waals surface area contributed by atoms with Gasteiger partial charge in [0.05, 0.1) is 47.4 Å². The van der Waals surface area contributed by atoms with Gasteiger partial charge < -0.3 is 20.1 Å². The lowest BCUT2D eigenvalue weighted by Crippen LogP contribution is -2.63. The second-order valence-electron chi connectivity index (χ2n) is 15.0. The van der Waals surface area contributed by atoms with Crippen molar-refractivity contribution in [3.63, 3.8) is 0 Å². The largest absolute Gasteiger partial charge is 0.481 e. The summed E-state index contributed by atoms with van der Waals surface area (Å²) in [6, 6.07) is 13.5. The minimum absolute atomic E-state index is 0.0173. The number of hydrogen-bond donors (Lipinski definition) is 2. The Kier molecular flexibility index (Phi) is 9.87. The number of carbonyl (C=O) groups excluding carboxylic acids is 2. The zero-order valence-electron chi connectivity index (χ0n) is 28.1. The minimum atomic E-state index is -0.723. The molecule has 2 N–H and O–H groups in total. The number of aliphatic carboxylic acids is 1. The van der Waals surface area contributed by atoms with E-state index in [1.807, 2.05) is 34.5 Å². The Hall–Kier alpha value is -2.73. The Bertz CT molecular complexity index is 1750. The summed E-state index contributed by atoms with van der Waals surface area (Å²) >= 11 is 14.9. The van der Waals surface area contributed by atoms with Crippen molar-refractivity contribution in [3.8, 4) is 0 Å². The molecule has 2 saturated heterocycles. The van der Waals surface area contributed by atoms with E-state index in [0.29, 0.717) is 58.9 Å². The van der Waals surface area contributed by atoms with Crippen LogP contribution in [0.25, 0.3) is 10.1 Å². The zero-order chi connectivity index (χ0) is 34.5. The lowest BCUT2D eigenvalue weighted by Gasteiger charge is -2.48. The van der Waals surface area contributed by atoms with Crippen molar-refractivity contribution in [2.75, 3.05) is 31.6 Å². The number of carboxylic acids is 1. The first kappa shape index (κ1) is 34.4. The summed E-state index contributed by atoms with van der Waals surface area (Å²) in [4.78, 5) is 46.0. The zero-order valence-corrected chi connectivity index (χ0v) is 30.4. The van der Waals surface area contributed by atoms with Gasteiger partial charge in [0, 0.05) is 64.3 Å². The van der Waals surface area contributed by atoms with Crippen LogP contribution in [0.2, 0.25) is 10.0 Å². The molecule has 8 rings (SSSR count). The summed E-state index contributed by atoms with van der Waals surface area (Å²) in [6.45, 7) is 3.20. The van der Waals surface area contributed by atoms with Crippen molar-refractivity contribution in [3.05, 3.63) is 63.0 Å². The first-order valence-electron chi connectivity index (χ1n) is 18.1. The molecule has 3 aromatic rings. The Labute approximate surface area is 306 Å². The van der Waals surface area contributed by atoms with Crippen LogP contribution >= 0.6 is 34.5 Å². The van der Waals surface area contributed by atoms with E-state index in [1.54, 1.807) is 12.1 Å². The molecule has 3 heterocycles. The number of fused-ring (bicyclic) bond motifs is 1. The number of nitrogens with one attached hydrogen (secondary N) is 1. The molecule has 2 aliphatic heterocycles. The van der Waals surface area contributed by atoms with Gasteiger partial charge in [-0.2, -0.15) is 0 Å². The van der Waals surface area contributed by atoms with Crippen LogP contribution in [-0.2, 0) is 20.7 Å². The number of carbonyl (C=O) groups is 3. The summed E-state index contributed by atoms with van der Waals surface area (Å²) < 4.78 is 7.43. The molecule has 0 spiro atoms. The minimum Gasteiger partial charge on any atom is -0.481 e. The molecule has 1 aromatic heterocycles. The van der Waals surface area contributed by atoms with Gasteiger partial charge >= 0.3 is 5.97 Å². The third-order valence-corrected chi connectivity index (χ3v) is 13.1. The van der Waals surface area contributed by atoms with Crippen LogP contribution in [0.1, 0.15) is 73.7 Å². The van der Waals surface area contributed by atoms with Crippen molar-refractivity contribution >= 4 is 68.1 Å². The maximum Gasteiger partial charge on any atom is 0.306 e.